The maximum atomic E-state index is 12.2. The molecule has 0 spiro atoms. The normalized spacial score (nSPS) is 17.4. The number of aliphatic hydroxyl groups excluding tert-OH is 1. The molecule has 0 amide bonds. The summed E-state index contributed by atoms with van der Waals surface area (Å²) in [6.45, 7) is 0.354. The van der Waals surface area contributed by atoms with Gasteiger partial charge < -0.3 is 5.11 Å². The van der Waals surface area contributed by atoms with Gasteiger partial charge in [-0.25, -0.2) is 13.1 Å². The number of halogens is 1. The minimum atomic E-state index is -3.51. The molecular formula is C12H16BrNO3S2. The Hall–Kier alpha value is -0.0800. The number of hydrogen-bond acceptors (Lipinski definition) is 4. The molecule has 2 N–H and O–H groups in total. The van der Waals surface area contributed by atoms with Crippen LogP contribution in [-0.2, 0) is 16.6 Å². The van der Waals surface area contributed by atoms with Crippen molar-refractivity contribution in [2.75, 3.05) is 12.8 Å². The number of hydrogen-bond donors (Lipinski definition) is 2. The van der Waals surface area contributed by atoms with E-state index in [-0.39, 0.29) is 16.2 Å². The smallest absolute Gasteiger partial charge is 0.241 e. The van der Waals surface area contributed by atoms with Crippen LogP contribution in [0, 0.1) is 0 Å². The van der Waals surface area contributed by atoms with Crippen molar-refractivity contribution in [3.63, 3.8) is 0 Å². The van der Waals surface area contributed by atoms with Crippen molar-refractivity contribution in [2.45, 2.75) is 29.1 Å². The van der Waals surface area contributed by atoms with Gasteiger partial charge in [0.25, 0.3) is 0 Å². The molecule has 0 atom stereocenters. The van der Waals surface area contributed by atoms with Crippen LogP contribution in [0.1, 0.15) is 18.4 Å². The SMILES string of the molecule is CSC1(CNS(=O)(=O)c2ccc(CO)cc2Br)CC1. The zero-order valence-electron chi connectivity index (χ0n) is 10.5. The molecular weight excluding hydrogens is 350 g/mol. The summed E-state index contributed by atoms with van der Waals surface area (Å²) in [5.74, 6) is 0. The van der Waals surface area contributed by atoms with Gasteiger partial charge in [0.05, 0.1) is 11.5 Å². The van der Waals surface area contributed by atoms with E-state index in [1.807, 2.05) is 6.26 Å². The Bertz CT molecular complexity index is 570. The van der Waals surface area contributed by atoms with Crippen LogP contribution in [0.4, 0.5) is 0 Å². The topological polar surface area (TPSA) is 66.4 Å². The van der Waals surface area contributed by atoms with E-state index in [2.05, 4.69) is 20.7 Å². The third-order valence-electron chi connectivity index (χ3n) is 3.29. The molecule has 0 heterocycles. The predicted molar refractivity (Wildman–Crippen MR) is 80.7 cm³/mol. The molecule has 106 valence electrons. The molecule has 0 aliphatic heterocycles. The summed E-state index contributed by atoms with van der Waals surface area (Å²) in [5.41, 5.74) is 0.675. The lowest BCUT2D eigenvalue weighted by Gasteiger charge is -2.14. The van der Waals surface area contributed by atoms with Crippen LogP contribution in [-0.4, -0.2) is 31.1 Å². The molecule has 1 aromatic carbocycles. The molecule has 1 aliphatic carbocycles. The van der Waals surface area contributed by atoms with E-state index in [1.54, 1.807) is 23.9 Å². The fourth-order valence-electron chi connectivity index (χ4n) is 1.76. The van der Waals surface area contributed by atoms with Crippen LogP contribution in [0.5, 0.6) is 0 Å². The maximum absolute atomic E-state index is 12.2. The number of rotatable bonds is 6. The molecule has 4 nitrogen and oxygen atoms in total. The van der Waals surface area contributed by atoms with Gasteiger partial charge in [0.2, 0.25) is 10.0 Å². The molecule has 1 aliphatic rings. The first-order valence-corrected chi connectivity index (χ1v) is 9.37. The van der Waals surface area contributed by atoms with Crippen molar-refractivity contribution in [1.82, 2.24) is 4.72 Å². The van der Waals surface area contributed by atoms with E-state index in [9.17, 15) is 8.42 Å². The first kappa shape index (κ1) is 15.3. The zero-order valence-corrected chi connectivity index (χ0v) is 13.7. The van der Waals surface area contributed by atoms with E-state index >= 15 is 0 Å². The van der Waals surface area contributed by atoms with Gasteiger partial charge >= 0.3 is 0 Å². The van der Waals surface area contributed by atoms with Crippen molar-refractivity contribution < 1.29 is 13.5 Å². The quantitative estimate of drug-likeness (QED) is 0.810. The van der Waals surface area contributed by atoms with Crippen LogP contribution in [0.3, 0.4) is 0 Å². The molecule has 0 unspecified atom stereocenters. The molecule has 0 radical (unpaired) electrons. The highest BCUT2D eigenvalue weighted by Gasteiger charge is 2.42. The van der Waals surface area contributed by atoms with Gasteiger partial charge in [-0.1, -0.05) is 6.07 Å². The van der Waals surface area contributed by atoms with Gasteiger partial charge in [-0.15, -0.1) is 0 Å². The maximum Gasteiger partial charge on any atom is 0.241 e. The summed E-state index contributed by atoms with van der Waals surface area (Å²) >= 11 is 4.95. The summed E-state index contributed by atoms with van der Waals surface area (Å²) in [7, 11) is -3.51. The Kier molecular flexibility index (Phi) is 4.62. The molecule has 1 fully saturated rings. The van der Waals surface area contributed by atoms with Crippen molar-refractivity contribution >= 4 is 37.7 Å². The lowest BCUT2D eigenvalue weighted by Crippen LogP contribution is -2.32. The number of sulfonamides is 1. The van der Waals surface area contributed by atoms with Crippen LogP contribution < -0.4 is 4.72 Å². The lowest BCUT2D eigenvalue weighted by atomic mass is 10.2. The highest BCUT2D eigenvalue weighted by atomic mass is 79.9. The molecule has 0 bridgehead atoms. The number of nitrogens with one attached hydrogen (secondary N) is 1. The molecule has 2 rings (SSSR count). The molecule has 1 aromatic rings. The second-order valence-electron chi connectivity index (χ2n) is 4.63. The lowest BCUT2D eigenvalue weighted by molar-refractivity contribution is 0.281. The van der Waals surface area contributed by atoms with Gasteiger partial charge in [0, 0.05) is 15.8 Å². The highest BCUT2D eigenvalue weighted by molar-refractivity contribution is 9.10. The average Bonchev–Trinajstić information content (AvgIpc) is 3.17. The first-order valence-electron chi connectivity index (χ1n) is 5.86. The molecule has 0 aromatic heterocycles. The van der Waals surface area contributed by atoms with Crippen LogP contribution >= 0.6 is 27.7 Å². The minimum absolute atomic E-state index is 0.0879. The third-order valence-corrected chi connectivity index (χ3v) is 7.09. The van der Waals surface area contributed by atoms with E-state index < -0.39 is 10.0 Å². The molecule has 7 heteroatoms. The molecule has 1 saturated carbocycles. The van der Waals surface area contributed by atoms with Crippen molar-refractivity contribution in [1.29, 1.82) is 0 Å². The minimum Gasteiger partial charge on any atom is -0.392 e. The number of thioether (sulfide) groups is 1. The van der Waals surface area contributed by atoms with Crippen molar-refractivity contribution in [3.05, 3.63) is 28.2 Å². The van der Waals surface area contributed by atoms with Gasteiger partial charge in [-0.05, 0) is 52.7 Å². The Morgan fingerprint density at radius 1 is 1.47 bits per heavy atom. The van der Waals surface area contributed by atoms with Crippen LogP contribution in [0.25, 0.3) is 0 Å². The van der Waals surface area contributed by atoms with E-state index in [4.69, 9.17) is 5.11 Å². The Labute approximate surface area is 126 Å². The van der Waals surface area contributed by atoms with Crippen molar-refractivity contribution in [2.24, 2.45) is 0 Å². The fourth-order valence-corrected chi connectivity index (χ4v) is 4.83. The molecule has 0 saturated heterocycles. The summed E-state index contributed by atoms with van der Waals surface area (Å²) < 4.78 is 27.7. The Balaban J connectivity index is 2.15. The van der Waals surface area contributed by atoms with Gasteiger partial charge in [-0.3, -0.25) is 0 Å². The summed E-state index contributed by atoms with van der Waals surface area (Å²) in [5, 5.41) is 9.02. The first-order chi connectivity index (χ1) is 8.92. The van der Waals surface area contributed by atoms with E-state index in [0.717, 1.165) is 12.8 Å². The van der Waals surface area contributed by atoms with E-state index in [1.165, 1.54) is 6.07 Å². The van der Waals surface area contributed by atoms with Gasteiger partial charge in [0.15, 0.2) is 0 Å². The number of benzene rings is 1. The average molecular weight is 366 g/mol. The zero-order chi connectivity index (χ0) is 14.1. The van der Waals surface area contributed by atoms with Crippen LogP contribution in [0.15, 0.2) is 27.6 Å². The predicted octanol–water partition coefficient (Wildman–Crippen LogP) is 2.12. The second-order valence-corrected chi connectivity index (χ2v) is 8.50. The fraction of sp³-hybridized carbons (Fsp3) is 0.500. The number of aliphatic hydroxyl groups is 1. The van der Waals surface area contributed by atoms with Gasteiger partial charge in [0.1, 0.15) is 0 Å². The summed E-state index contributed by atoms with van der Waals surface area (Å²) in [6.07, 6.45) is 4.12. The third kappa shape index (κ3) is 3.52. The van der Waals surface area contributed by atoms with Crippen LogP contribution in [0.2, 0.25) is 0 Å². The van der Waals surface area contributed by atoms with Gasteiger partial charge in [-0.2, -0.15) is 11.8 Å². The highest BCUT2D eigenvalue weighted by Crippen LogP contribution is 2.46. The monoisotopic (exact) mass is 365 g/mol. The Morgan fingerprint density at radius 3 is 2.63 bits per heavy atom. The summed E-state index contributed by atoms with van der Waals surface area (Å²) in [4.78, 5) is 0.210. The van der Waals surface area contributed by atoms with Crippen molar-refractivity contribution in [3.8, 4) is 0 Å². The summed E-state index contributed by atoms with van der Waals surface area (Å²) in [6, 6.07) is 4.74. The Morgan fingerprint density at radius 2 is 2.16 bits per heavy atom. The standard InChI is InChI=1S/C12H16BrNO3S2/c1-18-12(4-5-12)8-14-19(16,17)11-3-2-9(7-15)6-10(11)13/h2-3,6,14-15H,4-5,7-8H2,1H3. The largest absolute Gasteiger partial charge is 0.392 e. The van der Waals surface area contributed by atoms with E-state index in [0.29, 0.717) is 16.6 Å². The molecule has 19 heavy (non-hydrogen) atoms. The second kappa shape index (κ2) is 5.73.